The van der Waals surface area contributed by atoms with Gasteiger partial charge < -0.3 is 4.42 Å². The quantitative estimate of drug-likeness (QED) is 0.594. The molecule has 10 nitrogen and oxygen atoms in total. The van der Waals surface area contributed by atoms with Gasteiger partial charge in [-0.2, -0.15) is 9.40 Å². The van der Waals surface area contributed by atoms with Gasteiger partial charge >= 0.3 is 5.76 Å². The summed E-state index contributed by atoms with van der Waals surface area (Å²) in [6, 6.07) is 6.08. The van der Waals surface area contributed by atoms with E-state index in [1.54, 1.807) is 6.07 Å². The van der Waals surface area contributed by atoms with Crippen LogP contribution in [0.5, 0.6) is 0 Å². The van der Waals surface area contributed by atoms with Crippen molar-refractivity contribution < 1.29 is 12.8 Å². The lowest BCUT2D eigenvalue weighted by molar-refractivity contribution is 0.180. The van der Waals surface area contributed by atoms with Crippen molar-refractivity contribution >= 4 is 21.1 Å². The fourth-order valence-corrected chi connectivity index (χ4v) is 5.70. The summed E-state index contributed by atoms with van der Waals surface area (Å²) in [5.74, 6) is -0.616. The van der Waals surface area contributed by atoms with Gasteiger partial charge in [0.15, 0.2) is 5.58 Å². The Morgan fingerprint density at radius 1 is 1.03 bits per heavy atom. The second-order valence-corrected chi connectivity index (χ2v) is 9.89. The maximum atomic E-state index is 13.0. The van der Waals surface area contributed by atoms with Crippen molar-refractivity contribution in [3.63, 3.8) is 0 Å². The van der Waals surface area contributed by atoms with Gasteiger partial charge in [-0.25, -0.2) is 17.9 Å². The third-order valence-electron chi connectivity index (χ3n) is 6.01. The molecule has 1 aliphatic heterocycles. The van der Waals surface area contributed by atoms with Crippen molar-refractivity contribution in [2.75, 3.05) is 32.7 Å². The van der Waals surface area contributed by atoms with Gasteiger partial charge in [-0.3, -0.25) is 14.7 Å². The topological polar surface area (TPSA) is 122 Å². The van der Waals surface area contributed by atoms with Crippen molar-refractivity contribution in [1.29, 1.82) is 0 Å². The average molecular weight is 446 g/mol. The van der Waals surface area contributed by atoms with Crippen LogP contribution in [0.15, 0.2) is 43.2 Å². The molecule has 3 heterocycles. The molecular weight excluding hydrogens is 422 g/mol. The molecule has 0 amide bonds. The molecule has 2 aromatic heterocycles. The van der Waals surface area contributed by atoms with E-state index in [9.17, 15) is 18.0 Å². The van der Waals surface area contributed by atoms with Gasteiger partial charge in [0.1, 0.15) is 0 Å². The van der Waals surface area contributed by atoms with Crippen molar-refractivity contribution in [1.82, 2.24) is 24.0 Å². The van der Waals surface area contributed by atoms with Crippen LogP contribution in [0.1, 0.15) is 17.7 Å². The van der Waals surface area contributed by atoms with E-state index in [2.05, 4.69) is 15.0 Å². The minimum atomic E-state index is -3.69. The second kappa shape index (κ2) is 7.74. The lowest BCUT2D eigenvalue weighted by Gasteiger charge is -2.33. The largest absolute Gasteiger partial charge is 0.417 e. The van der Waals surface area contributed by atoms with Gasteiger partial charge in [0.05, 0.1) is 22.7 Å². The SMILES string of the molecule is O=c1[nH]c2ccc(S(=O)(=O)N3CCN(CCn4nc5c(cc4=O)CCC5)CC3)cc2o1. The standard InChI is InChI=1S/C20H23N5O5S/c26-19-12-14-2-1-3-16(14)22-25(19)11-8-23-6-9-24(10-7-23)31(28,29)15-4-5-17-18(13-15)30-20(27)21-17/h4-5,12-13H,1-3,6-11H2,(H,21,27). The Bertz CT molecular complexity index is 1350. The van der Waals surface area contributed by atoms with Gasteiger partial charge in [0.25, 0.3) is 5.56 Å². The summed E-state index contributed by atoms with van der Waals surface area (Å²) < 4.78 is 33.9. The van der Waals surface area contributed by atoms with Crippen LogP contribution in [0, 0.1) is 0 Å². The number of hydrogen-bond donors (Lipinski definition) is 1. The van der Waals surface area contributed by atoms with Crippen LogP contribution in [0.2, 0.25) is 0 Å². The Hall–Kier alpha value is -2.76. The van der Waals surface area contributed by atoms with Crippen LogP contribution in [0.25, 0.3) is 11.1 Å². The Morgan fingerprint density at radius 3 is 2.65 bits per heavy atom. The molecule has 164 valence electrons. The molecule has 0 radical (unpaired) electrons. The number of rotatable bonds is 5. The summed E-state index contributed by atoms with van der Waals surface area (Å²) in [5, 5.41) is 4.50. The third-order valence-corrected chi connectivity index (χ3v) is 7.91. The zero-order chi connectivity index (χ0) is 21.6. The first-order chi connectivity index (χ1) is 14.9. The van der Waals surface area contributed by atoms with Crippen molar-refractivity contribution in [3.05, 3.63) is 56.4 Å². The van der Waals surface area contributed by atoms with Crippen LogP contribution in [-0.2, 0) is 29.4 Å². The van der Waals surface area contributed by atoms with E-state index in [-0.39, 0.29) is 16.0 Å². The van der Waals surface area contributed by atoms with Gasteiger partial charge in [-0.15, -0.1) is 0 Å². The summed E-state index contributed by atoms with van der Waals surface area (Å²) in [5.41, 5.74) is 2.69. The minimum Gasteiger partial charge on any atom is -0.408 e. The fraction of sp³-hybridized carbons (Fsp3) is 0.450. The van der Waals surface area contributed by atoms with E-state index >= 15 is 0 Å². The highest BCUT2D eigenvalue weighted by Gasteiger charge is 2.29. The normalized spacial score (nSPS) is 17.9. The number of nitrogens with zero attached hydrogens (tertiary/aromatic N) is 4. The zero-order valence-corrected chi connectivity index (χ0v) is 17.7. The van der Waals surface area contributed by atoms with E-state index < -0.39 is 15.8 Å². The number of fused-ring (bicyclic) bond motifs is 2. The van der Waals surface area contributed by atoms with Crippen molar-refractivity contribution in [2.24, 2.45) is 0 Å². The molecule has 1 fully saturated rings. The molecule has 0 atom stereocenters. The first kappa shape index (κ1) is 20.2. The number of aryl methyl sites for hydroxylation is 2. The molecule has 1 aromatic carbocycles. The summed E-state index contributed by atoms with van der Waals surface area (Å²) in [4.78, 5) is 28.3. The zero-order valence-electron chi connectivity index (χ0n) is 16.9. The van der Waals surface area contributed by atoms with Crippen LogP contribution >= 0.6 is 0 Å². The van der Waals surface area contributed by atoms with Crippen LogP contribution in [0.4, 0.5) is 0 Å². The van der Waals surface area contributed by atoms with E-state index in [4.69, 9.17) is 4.42 Å². The van der Waals surface area contributed by atoms with Crippen molar-refractivity contribution in [3.8, 4) is 0 Å². The van der Waals surface area contributed by atoms with E-state index in [0.717, 1.165) is 30.5 Å². The first-order valence-corrected chi connectivity index (χ1v) is 11.8. The number of aromatic amines is 1. The Kier molecular flexibility index (Phi) is 5.03. The van der Waals surface area contributed by atoms with Crippen LogP contribution < -0.4 is 11.3 Å². The number of H-pyrrole nitrogens is 1. The van der Waals surface area contributed by atoms with E-state index in [1.165, 1.54) is 27.2 Å². The van der Waals surface area contributed by atoms with Crippen molar-refractivity contribution in [2.45, 2.75) is 30.7 Å². The summed E-state index contributed by atoms with van der Waals surface area (Å²) in [6.07, 6.45) is 2.90. The third kappa shape index (κ3) is 3.84. The molecule has 2 aliphatic rings. The smallest absolute Gasteiger partial charge is 0.408 e. The average Bonchev–Trinajstić information content (AvgIpc) is 3.36. The lowest BCUT2D eigenvalue weighted by Crippen LogP contribution is -2.49. The molecule has 1 aliphatic carbocycles. The number of nitrogens with one attached hydrogen (secondary N) is 1. The highest BCUT2D eigenvalue weighted by molar-refractivity contribution is 7.89. The predicted molar refractivity (Wildman–Crippen MR) is 113 cm³/mol. The first-order valence-electron chi connectivity index (χ1n) is 10.4. The number of oxazole rings is 1. The molecular formula is C20H23N5O5S. The van der Waals surface area contributed by atoms with Crippen LogP contribution in [0.3, 0.4) is 0 Å². The van der Waals surface area contributed by atoms with Gasteiger partial charge in [-0.1, -0.05) is 0 Å². The Balaban J connectivity index is 1.22. The highest BCUT2D eigenvalue weighted by atomic mass is 32.2. The van der Waals surface area contributed by atoms with Gasteiger partial charge in [0.2, 0.25) is 10.0 Å². The molecule has 0 bridgehead atoms. The summed E-state index contributed by atoms with van der Waals surface area (Å²) in [7, 11) is -3.69. The monoisotopic (exact) mass is 445 g/mol. The molecule has 0 spiro atoms. The Labute approximate surface area is 178 Å². The number of aromatic nitrogens is 3. The summed E-state index contributed by atoms with van der Waals surface area (Å²) in [6.45, 7) is 2.97. The molecule has 3 aromatic rings. The molecule has 1 saturated heterocycles. The maximum Gasteiger partial charge on any atom is 0.417 e. The molecule has 11 heteroatoms. The molecule has 0 saturated carbocycles. The van der Waals surface area contributed by atoms with E-state index in [0.29, 0.717) is 44.8 Å². The molecule has 1 N–H and O–H groups in total. The van der Waals surface area contributed by atoms with E-state index in [1.807, 2.05) is 0 Å². The summed E-state index contributed by atoms with van der Waals surface area (Å²) >= 11 is 0. The number of sulfonamides is 1. The predicted octanol–water partition coefficient (Wildman–Crippen LogP) is 0.173. The minimum absolute atomic E-state index is 0.0753. The molecule has 31 heavy (non-hydrogen) atoms. The second-order valence-electron chi connectivity index (χ2n) is 7.95. The number of benzene rings is 1. The Morgan fingerprint density at radius 2 is 1.84 bits per heavy atom. The van der Waals surface area contributed by atoms with Crippen LogP contribution in [-0.4, -0.2) is 65.1 Å². The lowest BCUT2D eigenvalue weighted by atomic mass is 10.2. The number of hydrogen-bond acceptors (Lipinski definition) is 7. The van der Waals surface area contributed by atoms with Gasteiger partial charge in [-0.05, 0) is 37.0 Å². The highest BCUT2D eigenvalue weighted by Crippen LogP contribution is 2.21. The fourth-order valence-electron chi connectivity index (χ4n) is 4.26. The number of piperazine rings is 1. The molecule has 5 rings (SSSR count). The maximum absolute atomic E-state index is 13.0. The molecule has 0 unspecified atom stereocenters. The van der Waals surface area contributed by atoms with Gasteiger partial charge in [0, 0.05) is 44.9 Å².